The quantitative estimate of drug-likeness (QED) is 0.127. The van der Waals surface area contributed by atoms with Gasteiger partial charge in [-0.3, -0.25) is 10.0 Å². The minimum atomic E-state index is -0.384. The second-order valence-corrected chi connectivity index (χ2v) is 18.2. The van der Waals surface area contributed by atoms with Gasteiger partial charge in [-0.05, 0) is 126 Å². The van der Waals surface area contributed by atoms with Gasteiger partial charge in [0.15, 0.2) is 0 Å². The number of hydrazone groups is 2. The molecule has 328 valence electrons. The Morgan fingerprint density at radius 2 is 1.03 bits per heavy atom. The molecule has 0 radical (unpaired) electrons. The number of carbonyl (C=O) groups excluding carboxylic acids is 2. The molecular formula is C50H50Cl2N8O4. The summed E-state index contributed by atoms with van der Waals surface area (Å²) in [5.41, 5.74) is 9.48. The molecule has 2 aromatic heterocycles. The number of fused-ring (bicyclic) bond motifs is 6. The van der Waals surface area contributed by atoms with Crippen LogP contribution < -0.4 is 10.0 Å². The first-order valence-electron chi connectivity index (χ1n) is 22.7. The molecule has 4 atom stereocenters. The maximum Gasteiger partial charge on any atom is 0.356 e. The monoisotopic (exact) mass is 896 g/mol. The van der Waals surface area contributed by atoms with Gasteiger partial charge in [-0.2, -0.15) is 10.2 Å². The molecule has 2 saturated carbocycles. The summed E-state index contributed by atoms with van der Waals surface area (Å²) in [6, 6.07) is 19.2. The van der Waals surface area contributed by atoms with Crippen molar-refractivity contribution in [2.45, 2.75) is 103 Å². The van der Waals surface area contributed by atoms with Crippen LogP contribution in [0, 0.1) is 36.8 Å². The minimum absolute atomic E-state index is 0.278. The fraction of sp³-hybridized carbons (Fsp3) is 0.440. The number of benzene rings is 2. The van der Waals surface area contributed by atoms with Crippen LogP contribution in [-0.2, 0) is 22.3 Å². The molecule has 0 N–H and O–H groups in total. The van der Waals surface area contributed by atoms with Gasteiger partial charge in [0.2, 0.25) is 11.4 Å². The van der Waals surface area contributed by atoms with Crippen LogP contribution in [0.1, 0.15) is 122 Å². The van der Waals surface area contributed by atoms with Crippen LogP contribution >= 0.6 is 23.2 Å². The second kappa shape index (κ2) is 18.7. The highest BCUT2D eigenvalue weighted by Crippen LogP contribution is 2.47. The summed E-state index contributed by atoms with van der Waals surface area (Å²) < 4.78 is 10.2. The smallest absolute Gasteiger partial charge is 0.356 e. The maximum atomic E-state index is 12.1. The van der Waals surface area contributed by atoms with Gasteiger partial charge in [0.25, 0.3) is 0 Å². The van der Waals surface area contributed by atoms with Crippen molar-refractivity contribution in [3.05, 3.63) is 127 Å². The molecule has 2 aliphatic heterocycles. The van der Waals surface area contributed by atoms with E-state index in [1.165, 1.54) is 51.4 Å². The Bertz CT molecular complexity index is 2450. The van der Waals surface area contributed by atoms with E-state index in [9.17, 15) is 9.59 Å². The van der Waals surface area contributed by atoms with Crippen molar-refractivity contribution >= 4 is 69.3 Å². The lowest BCUT2D eigenvalue weighted by molar-refractivity contribution is 0.0509. The zero-order valence-corrected chi connectivity index (χ0v) is 37.6. The van der Waals surface area contributed by atoms with Gasteiger partial charge in [-0.15, -0.1) is 0 Å². The molecule has 0 saturated heterocycles. The van der Waals surface area contributed by atoms with Crippen LogP contribution in [0.15, 0.2) is 70.9 Å². The van der Waals surface area contributed by atoms with Crippen molar-refractivity contribution in [2.75, 3.05) is 23.2 Å². The third-order valence-electron chi connectivity index (χ3n) is 13.8. The Labute approximate surface area is 384 Å². The normalized spacial score (nSPS) is 22.2. The largest absolute Gasteiger partial charge is 0.461 e. The molecule has 2 unspecified atom stereocenters. The number of halogens is 2. The molecular weight excluding hydrogens is 848 g/mol. The summed E-state index contributed by atoms with van der Waals surface area (Å²) >= 11 is 12.8. The number of hydrogen-bond donors (Lipinski definition) is 0. The lowest BCUT2D eigenvalue weighted by atomic mass is 9.76. The molecule has 2 aromatic carbocycles. The van der Waals surface area contributed by atoms with E-state index in [1.54, 1.807) is 38.1 Å². The number of nitrogens with zero attached hydrogens (tertiary/aromatic N) is 8. The number of hydrogen-bond acceptors (Lipinski definition) is 10. The van der Waals surface area contributed by atoms with Crippen LogP contribution in [0.25, 0.3) is 9.69 Å². The first kappa shape index (κ1) is 43.4. The summed E-state index contributed by atoms with van der Waals surface area (Å²) in [6.45, 7) is 18.8. The number of anilines is 2. The Kier molecular flexibility index (Phi) is 12.7. The molecule has 14 heteroatoms. The van der Waals surface area contributed by atoms with Crippen molar-refractivity contribution in [1.82, 2.24) is 9.97 Å². The van der Waals surface area contributed by atoms with E-state index >= 15 is 0 Å². The number of esters is 2. The molecule has 6 aliphatic rings. The van der Waals surface area contributed by atoms with Crippen LogP contribution in [0.5, 0.6) is 0 Å². The molecule has 64 heavy (non-hydrogen) atoms. The number of aryl methyl sites for hydroxylation is 2. The van der Waals surface area contributed by atoms with Gasteiger partial charge in [0.05, 0.1) is 72.6 Å². The highest BCUT2D eigenvalue weighted by Gasteiger charge is 2.47. The molecule has 0 amide bonds. The Morgan fingerprint density at radius 1 is 0.625 bits per heavy atom. The lowest BCUT2D eigenvalue weighted by Gasteiger charge is -2.34. The van der Waals surface area contributed by atoms with E-state index in [2.05, 4.69) is 29.7 Å². The van der Waals surface area contributed by atoms with E-state index in [0.29, 0.717) is 69.7 Å². The van der Waals surface area contributed by atoms with Crippen molar-refractivity contribution in [1.29, 1.82) is 0 Å². The zero-order chi connectivity index (χ0) is 44.5. The van der Waals surface area contributed by atoms with E-state index in [-0.39, 0.29) is 24.0 Å². The van der Waals surface area contributed by atoms with Crippen molar-refractivity contribution in [2.24, 2.45) is 33.9 Å². The maximum absolute atomic E-state index is 12.1. The van der Waals surface area contributed by atoms with Gasteiger partial charge in [-0.1, -0.05) is 61.0 Å². The third-order valence-corrected chi connectivity index (χ3v) is 14.4. The van der Waals surface area contributed by atoms with E-state index in [0.717, 1.165) is 71.0 Å². The molecule has 4 aliphatic carbocycles. The standard InChI is InChI=1S/2C25H25ClN4O2/c2*1-3-32-25(31)22-13-9-17-20(28-22)12-10-18-23(17)29-30(24(18)15-6-4-5-7-15)16-8-11-21(27-2)19(26)14-16/h2*8-9,11,13-15,18,24H,3-7,10,12H2,1H3/t18-,24-;/m0./s1. The fourth-order valence-corrected chi connectivity index (χ4v) is 11.4. The van der Waals surface area contributed by atoms with E-state index in [4.69, 9.17) is 56.0 Å². The predicted molar refractivity (Wildman–Crippen MR) is 249 cm³/mol. The fourth-order valence-electron chi connectivity index (χ4n) is 10.9. The van der Waals surface area contributed by atoms with Crippen LogP contribution in [0.4, 0.5) is 22.7 Å². The Morgan fingerprint density at radius 3 is 1.39 bits per heavy atom. The summed E-state index contributed by atoms with van der Waals surface area (Å²) in [6.07, 6.45) is 13.4. The Balaban J connectivity index is 0.000000162. The Hall–Kier alpha value is -5.82. The third kappa shape index (κ3) is 8.23. The topological polar surface area (TPSA) is 118 Å². The predicted octanol–water partition coefficient (Wildman–Crippen LogP) is 11.6. The van der Waals surface area contributed by atoms with Crippen molar-refractivity contribution < 1.29 is 19.1 Å². The SMILES string of the molecule is [C-]#[N+]c1ccc(N2N=C3c4ccc(C(=O)OCC)nc4CCC3C2C2CCCC2)cc1Cl.[C-]#[N+]c1ccc(N2N=C3c4ccc(C(=O)OCC)nc4CC[C@@H]3[C@@H]2C2CCCC2)cc1Cl. The summed E-state index contributed by atoms with van der Waals surface area (Å²) in [5.74, 6) is 1.03. The van der Waals surface area contributed by atoms with Gasteiger partial charge < -0.3 is 9.47 Å². The van der Waals surface area contributed by atoms with Crippen molar-refractivity contribution in [3.8, 4) is 0 Å². The average molecular weight is 898 g/mol. The van der Waals surface area contributed by atoms with Gasteiger partial charge >= 0.3 is 11.9 Å². The van der Waals surface area contributed by atoms with Crippen LogP contribution in [0.3, 0.4) is 0 Å². The number of carbonyl (C=O) groups is 2. The summed E-state index contributed by atoms with van der Waals surface area (Å²) in [7, 11) is 0. The van der Waals surface area contributed by atoms with E-state index in [1.807, 2.05) is 36.4 Å². The first-order valence-corrected chi connectivity index (χ1v) is 23.4. The van der Waals surface area contributed by atoms with Gasteiger partial charge in [-0.25, -0.2) is 29.2 Å². The number of rotatable bonds is 8. The first-order chi connectivity index (χ1) is 31.2. The second-order valence-electron chi connectivity index (χ2n) is 17.3. The average Bonchev–Trinajstić information content (AvgIpc) is 4.15. The number of pyridine rings is 2. The lowest BCUT2D eigenvalue weighted by Crippen LogP contribution is -2.40. The molecule has 4 aromatic rings. The highest BCUT2D eigenvalue weighted by molar-refractivity contribution is 6.34. The molecule has 0 spiro atoms. The molecule has 10 rings (SSSR count). The minimum Gasteiger partial charge on any atom is -0.461 e. The van der Waals surface area contributed by atoms with Crippen LogP contribution in [-0.4, -0.2) is 58.6 Å². The molecule has 4 heterocycles. The van der Waals surface area contributed by atoms with Crippen molar-refractivity contribution in [3.63, 3.8) is 0 Å². The summed E-state index contributed by atoms with van der Waals surface area (Å²) in [4.78, 5) is 40.5. The van der Waals surface area contributed by atoms with Crippen LogP contribution in [0.2, 0.25) is 10.0 Å². The summed E-state index contributed by atoms with van der Waals surface area (Å²) in [5, 5.41) is 15.4. The van der Waals surface area contributed by atoms with Gasteiger partial charge in [0.1, 0.15) is 11.4 Å². The molecule has 2 fully saturated rings. The highest BCUT2D eigenvalue weighted by atomic mass is 35.5. The zero-order valence-electron chi connectivity index (χ0n) is 36.1. The molecule has 12 nitrogen and oxygen atoms in total. The number of ether oxygens (including phenoxy) is 2. The van der Waals surface area contributed by atoms with Gasteiger partial charge in [0, 0.05) is 33.0 Å². The number of aromatic nitrogens is 2. The molecule has 0 bridgehead atoms. The van der Waals surface area contributed by atoms with E-state index < -0.39 is 0 Å².